The van der Waals surface area contributed by atoms with Gasteiger partial charge in [-0.3, -0.25) is 9.59 Å². The summed E-state index contributed by atoms with van der Waals surface area (Å²) in [5.41, 5.74) is 3.61. The number of benzene rings is 2. The fourth-order valence-corrected chi connectivity index (χ4v) is 2.43. The molecule has 1 unspecified atom stereocenters. The van der Waals surface area contributed by atoms with Gasteiger partial charge in [-0.05, 0) is 64.8 Å². The highest BCUT2D eigenvalue weighted by molar-refractivity contribution is 9.10. The maximum Gasteiger partial charge on any atom is 0.343 e. The zero-order valence-corrected chi connectivity index (χ0v) is 17.4. The predicted molar refractivity (Wildman–Crippen MR) is 112 cm³/mol. The van der Waals surface area contributed by atoms with Crippen molar-refractivity contribution in [3.63, 3.8) is 0 Å². The SMILES string of the molecule is COC(=O)COc1ccc(C=NNC(=O)C(C)C(=O)Nc2ccccc2Br)cc1. The van der Waals surface area contributed by atoms with E-state index in [1.54, 1.807) is 42.5 Å². The molecular formula is C20H20BrN3O5. The molecule has 2 aromatic rings. The number of hydrogen-bond donors (Lipinski definition) is 2. The van der Waals surface area contributed by atoms with Crippen LogP contribution in [-0.2, 0) is 19.1 Å². The van der Waals surface area contributed by atoms with Crippen LogP contribution in [0, 0.1) is 5.92 Å². The molecule has 0 aliphatic rings. The van der Waals surface area contributed by atoms with Crippen molar-refractivity contribution in [3.8, 4) is 5.75 Å². The lowest BCUT2D eigenvalue weighted by atomic mass is 10.1. The number of hydrazone groups is 1. The first-order chi connectivity index (χ1) is 13.9. The molecule has 0 radical (unpaired) electrons. The number of carbonyl (C=O) groups is 3. The molecule has 1 atom stereocenters. The van der Waals surface area contributed by atoms with Crippen molar-refractivity contribution in [2.75, 3.05) is 19.0 Å². The number of rotatable bonds is 8. The van der Waals surface area contributed by atoms with Crippen LogP contribution in [0.1, 0.15) is 12.5 Å². The highest BCUT2D eigenvalue weighted by atomic mass is 79.9. The van der Waals surface area contributed by atoms with Crippen LogP contribution in [0.3, 0.4) is 0 Å². The van der Waals surface area contributed by atoms with Gasteiger partial charge in [0.25, 0.3) is 5.91 Å². The number of carbonyl (C=O) groups excluding carboxylic acids is 3. The summed E-state index contributed by atoms with van der Waals surface area (Å²) in [5, 5.41) is 6.54. The summed E-state index contributed by atoms with van der Waals surface area (Å²) in [5.74, 6) is -1.90. The average molecular weight is 462 g/mol. The van der Waals surface area contributed by atoms with Crippen LogP contribution < -0.4 is 15.5 Å². The predicted octanol–water partition coefficient (Wildman–Crippen LogP) is 2.73. The summed E-state index contributed by atoms with van der Waals surface area (Å²) < 4.78 is 10.4. The third kappa shape index (κ3) is 7.04. The summed E-state index contributed by atoms with van der Waals surface area (Å²) in [6.07, 6.45) is 1.43. The van der Waals surface area contributed by atoms with E-state index >= 15 is 0 Å². The molecule has 0 heterocycles. The Morgan fingerprint density at radius 2 is 1.79 bits per heavy atom. The lowest BCUT2D eigenvalue weighted by molar-refractivity contribution is -0.143. The molecule has 0 bridgehead atoms. The molecule has 0 aromatic heterocycles. The van der Waals surface area contributed by atoms with Crippen molar-refractivity contribution in [2.24, 2.45) is 11.0 Å². The van der Waals surface area contributed by atoms with Crippen LogP contribution in [-0.4, -0.2) is 37.7 Å². The number of anilines is 1. The van der Waals surface area contributed by atoms with E-state index in [-0.39, 0.29) is 6.61 Å². The van der Waals surface area contributed by atoms with Gasteiger partial charge in [0.15, 0.2) is 6.61 Å². The molecule has 0 aliphatic heterocycles. The fourth-order valence-electron chi connectivity index (χ4n) is 2.04. The molecule has 152 valence electrons. The van der Waals surface area contributed by atoms with Crippen LogP contribution in [0.5, 0.6) is 5.75 Å². The second-order valence-corrected chi connectivity index (χ2v) is 6.71. The maximum absolute atomic E-state index is 12.2. The van der Waals surface area contributed by atoms with Gasteiger partial charge in [0.1, 0.15) is 11.7 Å². The van der Waals surface area contributed by atoms with Crippen LogP contribution >= 0.6 is 15.9 Å². The molecule has 0 spiro atoms. The largest absolute Gasteiger partial charge is 0.482 e. The number of para-hydroxylation sites is 1. The topological polar surface area (TPSA) is 106 Å². The smallest absolute Gasteiger partial charge is 0.343 e. The highest BCUT2D eigenvalue weighted by Crippen LogP contribution is 2.21. The number of ether oxygens (including phenoxy) is 2. The summed E-state index contributed by atoms with van der Waals surface area (Å²) in [6.45, 7) is 1.31. The summed E-state index contributed by atoms with van der Waals surface area (Å²) >= 11 is 3.33. The minimum absolute atomic E-state index is 0.181. The Balaban J connectivity index is 1.84. The van der Waals surface area contributed by atoms with E-state index in [2.05, 4.69) is 36.5 Å². The van der Waals surface area contributed by atoms with E-state index < -0.39 is 23.7 Å². The van der Waals surface area contributed by atoms with Gasteiger partial charge < -0.3 is 14.8 Å². The monoisotopic (exact) mass is 461 g/mol. The van der Waals surface area contributed by atoms with Crippen molar-refractivity contribution in [2.45, 2.75) is 6.92 Å². The normalized spacial score (nSPS) is 11.6. The molecule has 0 saturated heterocycles. The van der Waals surface area contributed by atoms with E-state index in [4.69, 9.17) is 4.74 Å². The highest BCUT2D eigenvalue weighted by Gasteiger charge is 2.21. The summed E-state index contributed by atoms with van der Waals surface area (Å²) in [4.78, 5) is 35.4. The lowest BCUT2D eigenvalue weighted by Crippen LogP contribution is -2.34. The number of nitrogens with zero attached hydrogens (tertiary/aromatic N) is 1. The lowest BCUT2D eigenvalue weighted by Gasteiger charge is -2.11. The van der Waals surface area contributed by atoms with Crippen LogP contribution in [0.2, 0.25) is 0 Å². The Kier molecular flexibility index (Phi) is 8.35. The molecule has 8 nitrogen and oxygen atoms in total. The first-order valence-electron chi connectivity index (χ1n) is 8.58. The van der Waals surface area contributed by atoms with Gasteiger partial charge in [0.2, 0.25) is 5.91 Å². The minimum atomic E-state index is -0.937. The number of nitrogens with one attached hydrogen (secondary N) is 2. The second-order valence-electron chi connectivity index (χ2n) is 5.86. The van der Waals surface area contributed by atoms with Crippen molar-refractivity contribution < 1.29 is 23.9 Å². The second kappa shape index (κ2) is 11.0. The van der Waals surface area contributed by atoms with Gasteiger partial charge >= 0.3 is 5.97 Å². The number of hydrogen-bond acceptors (Lipinski definition) is 6. The number of halogens is 1. The van der Waals surface area contributed by atoms with E-state index in [1.165, 1.54) is 20.2 Å². The zero-order chi connectivity index (χ0) is 21.2. The van der Waals surface area contributed by atoms with E-state index in [9.17, 15) is 14.4 Å². The standard InChI is InChI=1S/C20H20BrN3O5/c1-13(19(26)23-17-6-4-3-5-16(17)21)20(27)24-22-11-14-7-9-15(10-8-14)29-12-18(25)28-2/h3-11,13H,12H2,1-2H3,(H,23,26)(H,24,27). The Hall–Kier alpha value is -3.20. The Morgan fingerprint density at radius 3 is 2.45 bits per heavy atom. The first-order valence-corrected chi connectivity index (χ1v) is 9.38. The van der Waals surface area contributed by atoms with Crippen LogP contribution in [0.25, 0.3) is 0 Å². The molecule has 0 saturated carbocycles. The van der Waals surface area contributed by atoms with E-state index in [0.29, 0.717) is 17.0 Å². The minimum Gasteiger partial charge on any atom is -0.482 e. The molecule has 29 heavy (non-hydrogen) atoms. The molecule has 0 aliphatic carbocycles. The van der Waals surface area contributed by atoms with E-state index in [0.717, 1.165) is 4.47 Å². The van der Waals surface area contributed by atoms with Gasteiger partial charge in [0.05, 0.1) is 19.0 Å². The third-order valence-corrected chi connectivity index (χ3v) is 4.46. The van der Waals surface area contributed by atoms with Gasteiger partial charge in [0, 0.05) is 4.47 Å². The molecular weight excluding hydrogens is 442 g/mol. The quantitative estimate of drug-likeness (QED) is 0.272. The summed E-state index contributed by atoms with van der Waals surface area (Å²) in [6, 6.07) is 13.8. The Morgan fingerprint density at radius 1 is 1.10 bits per heavy atom. The average Bonchev–Trinajstić information content (AvgIpc) is 2.73. The first kappa shape index (κ1) is 22.1. The number of esters is 1. The van der Waals surface area contributed by atoms with Gasteiger partial charge in [-0.25, -0.2) is 10.2 Å². The number of methoxy groups -OCH3 is 1. The van der Waals surface area contributed by atoms with Crippen molar-refractivity contribution in [3.05, 3.63) is 58.6 Å². The molecule has 2 N–H and O–H groups in total. The van der Waals surface area contributed by atoms with Gasteiger partial charge in [-0.15, -0.1) is 0 Å². The van der Waals surface area contributed by atoms with Crippen molar-refractivity contribution in [1.82, 2.24) is 5.43 Å². The molecule has 2 rings (SSSR count). The third-order valence-electron chi connectivity index (χ3n) is 3.77. The fraction of sp³-hybridized carbons (Fsp3) is 0.200. The van der Waals surface area contributed by atoms with Crippen LogP contribution in [0.15, 0.2) is 58.1 Å². The van der Waals surface area contributed by atoms with Gasteiger partial charge in [-0.2, -0.15) is 5.10 Å². The zero-order valence-electron chi connectivity index (χ0n) is 15.8. The Labute approximate surface area is 176 Å². The number of amides is 2. The molecule has 2 amide bonds. The molecule has 9 heteroatoms. The molecule has 2 aromatic carbocycles. The van der Waals surface area contributed by atoms with Crippen LogP contribution in [0.4, 0.5) is 5.69 Å². The Bertz CT molecular complexity index is 899. The van der Waals surface area contributed by atoms with Gasteiger partial charge in [-0.1, -0.05) is 12.1 Å². The van der Waals surface area contributed by atoms with Crippen molar-refractivity contribution in [1.29, 1.82) is 0 Å². The summed E-state index contributed by atoms with van der Waals surface area (Å²) in [7, 11) is 1.28. The van der Waals surface area contributed by atoms with E-state index in [1.807, 2.05) is 6.07 Å². The molecule has 0 fully saturated rings. The van der Waals surface area contributed by atoms with Crippen molar-refractivity contribution >= 4 is 45.6 Å². The maximum atomic E-state index is 12.2.